The first-order valence-electron chi connectivity index (χ1n) is 25.3. The molecule has 0 spiro atoms. The summed E-state index contributed by atoms with van der Waals surface area (Å²) in [6.07, 6.45) is 22.9. The van der Waals surface area contributed by atoms with E-state index in [1.807, 2.05) is 12.1 Å². The monoisotopic (exact) mass is 987 g/mol. The van der Waals surface area contributed by atoms with E-state index in [0.717, 1.165) is 89.9 Å². The zero-order valence-corrected chi connectivity index (χ0v) is 43.0. The second-order valence-electron chi connectivity index (χ2n) is 17.3. The molecule has 68 heavy (non-hydrogen) atoms. The van der Waals surface area contributed by atoms with E-state index in [-0.39, 0.29) is 47.4 Å². The van der Waals surface area contributed by atoms with Crippen LogP contribution in [0.5, 0.6) is 11.5 Å². The molecule has 0 saturated carbocycles. The van der Waals surface area contributed by atoms with Crippen LogP contribution in [-0.2, 0) is 41.5 Å². The standard InChI is InChI=1S/C52H82N4O10S2/c1-5-7-9-11-17-21-27-41-29-25-31-43(47(41)59)51(63)55-53-49(61)39(3)67-37-33-45(57)65-35-23-19-15-13-14-16-20-24-36-66-46(58)34-38-68-40(4)50(62)54-56-52(64)44-32-26-30-42(48(44)60)28-22-18-12-10-8-6-2/h25-26,29-32,39-40,59-60H,5-24,27-28,33-38H2,1-4H3,(H,53,61)(H,54,62)(H,55,63)(H,56,64). The summed E-state index contributed by atoms with van der Waals surface area (Å²) in [5.41, 5.74) is 11.3. The van der Waals surface area contributed by atoms with Crippen molar-refractivity contribution in [1.82, 2.24) is 21.7 Å². The number of para-hydroxylation sites is 2. The number of nitrogens with one attached hydrogen (secondary N) is 4. The first kappa shape index (κ1) is 59.7. The van der Waals surface area contributed by atoms with Crippen LogP contribution in [0.15, 0.2) is 36.4 Å². The third-order valence-electron chi connectivity index (χ3n) is 11.6. The fourth-order valence-electron chi connectivity index (χ4n) is 7.29. The molecule has 16 heteroatoms. The Balaban J connectivity index is 1.43. The van der Waals surface area contributed by atoms with Crippen LogP contribution in [0.2, 0.25) is 0 Å². The minimum atomic E-state index is -0.594. The van der Waals surface area contributed by atoms with Crippen molar-refractivity contribution in [2.24, 2.45) is 0 Å². The normalized spacial score (nSPS) is 11.9. The quantitative estimate of drug-likeness (QED) is 0.0212. The molecule has 0 bridgehead atoms. The molecule has 0 aliphatic heterocycles. The van der Waals surface area contributed by atoms with Crippen LogP contribution in [0.3, 0.4) is 0 Å². The van der Waals surface area contributed by atoms with Crippen molar-refractivity contribution >= 4 is 59.1 Å². The van der Waals surface area contributed by atoms with Gasteiger partial charge >= 0.3 is 11.9 Å². The van der Waals surface area contributed by atoms with Gasteiger partial charge in [-0.05, 0) is 75.6 Å². The zero-order chi connectivity index (χ0) is 49.8. The van der Waals surface area contributed by atoms with E-state index < -0.39 is 34.1 Å². The lowest BCUT2D eigenvalue weighted by molar-refractivity contribution is -0.144. The molecule has 0 radical (unpaired) electrons. The number of aromatic hydroxyl groups is 2. The number of aryl methyl sites for hydroxylation is 2. The highest BCUT2D eigenvalue weighted by Crippen LogP contribution is 2.26. The summed E-state index contributed by atoms with van der Waals surface area (Å²) in [5.74, 6) is -1.97. The summed E-state index contributed by atoms with van der Waals surface area (Å²) in [4.78, 5) is 75.0. The third-order valence-corrected chi connectivity index (χ3v) is 13.9. The number of hydrazine groups is 2. The van der Waals surface area contributed by atoms with Gasteiger partial charge in [0.05, 0.1) is 47.7 Å². The number of hydrogen-bond donors (Lipinski definition) is 6. The van der Waals surface area contributed by atoms with Gasteiger partial charge in [0.15, 0.2) is 0 Å². The maximum Gasteiger partial charge on any atom is 0.306 e. The Morgan fingerprint density at radius 2 is 0.824 bits per heavy atom. The number of phenols is 2. The third kappa shape index (κ3) is 26.4. The maximum atomic E-state index is 12.7. The van der Waals surface area contributed by atoms with E-state index in [0.29, 0.717) is 48.7 Å². The molecular weight excluding hydrogens is 905 g/mol. The van der Waals surface area contributed by atoms with Crippen LogP contribution in [0, 0.1) is 0 Å². The van der Waals surface area contributed by atoms with Crippen molar-refractivity contribution < 1.29 is 48.5 Å². The molecule has 2 aromatic carbocycles. The molecule has 2 atom stereocenters. The first-order valence-corrected chi connectivity index (χ1v) is 27.4. The van der Waals surface area contributed by atoms with Crippen LogP contribution in [-0.4, -0.2) is 81.0 Å². The topological polar surface area (TPSA) is 209 Å². The van der Waals surface area contributed by atoms with E-state index in [1.54, 1.807) is 26.0 Å². The zero-order valence-electron chi connectivity index (χ0n) is 41.4. The van der Waals surface area contributed by atoms with Gasteiger partial charge in [0.2, 0.25) is 0 Å². The summed E-state index contributed by atoms with van der Waals surface area (Å²) >= 11 is 2.57. The molecule has 0 aromatic heterocycles. The fourth-order valence-corrected chi connectivity index (χ4v) is 8.99. The molecule has 14 nitrogen and oxygen atoms in total. The second-order valence-corrected chi connectivity index (χ2v) is 20.2. The smallest absolute Gasteiger partial charge is 0.306 e. The van der Waals surface area contributed by atoms with Crippen molar-refractivity contribution in [3.63, 3.8) is 0 Å². The number of carbonyl (C=O) groups excluding carboxylic acids is 6. The van der Waals surface area contributed by atoms with Crippen LogP contribution < -0.4 is 21.7 Å². The van der Waals surface area contributed by atoms with Gasteiger partial charge in [0.25, 0.3) is 23.6 Å². The predicted octanol–water partition coefficient (Wildman–Crippen LogP) is 10.4. The van der Waals surface area contributed by atoms with Gasteiger partial charge in [-0.25, -0.2) is 0 Å². The summed E-state index contributed by atoms with van der Waals surface area (Å²) in [5, 5.41) is 20.3. The van der Waals surface area contributed by atoms with Gasteiger partial charge in [-0.15, -0.1) is 23.5 Å². The van der Waals surface area contributed by atoms with Crippen LogP contribution >= 0.6 is 23.5 Å². The number of amides is 4. The average Bonchev–Trinajstić information content (AvgIpc) is 3.33. The Morgan fingerprint density at radius 3 is 1.19 bits per heavy atom. The number of hydrogen-bond acceptors (Lipinski definition) is 12. The molecule has 382 valence electrons. The number of carbonyl (C=O) groups is 6. The predicted molar refractivity (Wildman–Crippen MR) is 274 cm³/mol. The number of unbranched alkanes of at least 4 members (excludes halogenated alkanes) is 17. The second kappa shape index (κ2) is 37.5. The Morgan fingerprint density at radius 1 is 0.485 bits per heavy atom. The minimum Gasteiger partial charge on any atom is -0.507 e. The molecular formula is C52H82N4O10S2. The average molecular weight is 987 g/mol. The summed E-state index contributed by atoms with van der Waals surface area (Å²) < 4.78 is 10.7. The fraction of sp³-hybridized carbons (Fsp3) is 0.654. The van der Waals surface area contributed by atoms with Gasteiger partial charge in [-0.1, -0.05) is 141 Å². The molecule has 0 aliphatic rings. The summed E-state index contributed by atoms with van der Waals surface area (Å²) in [6.45, 7) is 8.45. The number of rotatable bonds is 37. The van der Waals surface area contributed by atoms with Crippen LogP contribution in [0.25, 0.3) is 0 Å². The highest BCUT2D eigenvalue weighted by Gasteiger charge is 2.20. The molecule has 0 heterocycles. The lowest BCUT2D eigenvalue weighted by Crippen LogP contribution is -2.45. The highest BCUT2D eigenvalue weighted by molar-refractivity contribution is 8.00. The van der Waals surface area contributed by atoms with E-state index in [2.05, 4.69) is 35.6 Å². The molecule has 2 unspecified atom stereocenters. The molecule has 0 aliphatic carbocycles. The molecule has 2 aromatic rings. The van der Waals surface area contributed by atoms with Crippen molar-refractivity contribution in [3.05, 3.63) is 58.7 Å². The SMILES string of the molecule is CCCCCCCCc1cccc(C(=O)NNC(=O)C(C)SCCC(=O)OCCCCCCCCCCOC(=O)CCSC(C)C(=O)NNC(=O)c2cccc(CCCCCCCC)c2O)c1O. The lowest BCUT2D eigenvalue weighted by atomic mass is 10.0. The molecule has 0 fully saturated rings. The molecule has 2 rings (SSSR count). The molecule has 6 N–H and O–H groups in total. The Kier molecular flexibility index (Phi) is 32.9. The van der Waals surface area contributed by atoms with Gasteiger partial charge in [0, 0.05) is 11.5 Å². The van der Waals surface area contributed by atoms with E-state index in [9.17, 15) is 39.0 Å². The van der Waals surface area contributed by atoms with Gasteiger partial charge < -0.3 is 19.7 Å². The van der Waals surface area contributed by atoms with E-state index >= 15 is 0 Å². The van der Waals surface area contributed by atoms with Gasteiger partial charge in [-0.3, -0.25) is 50.5 Å². The highest BCUT2D eigenvalue weighted by atomic mass is 32.2. The number of thioether (sulfide) groups is 2. The van der Waals surface area contributed by atoms with Crippen molar-refractivity contribution in [3.8, 4) is 11.5 Å². The van der Waals surface area contributed by atoms with Crippen molar-refractivity contribution in [2.75, 3.05) is 24.7 Å². The van der Waals surface area contributed by atoms with E-state index in [4.69, 9.17) is 9.47 Å². The summed E-state index contributed by atoms with van der Waals surface area (Å²) in [7, 11) is 0. The van der Waals surface area contributed by atoms with Crippen molar-refractivity contribution in [1.29, 1.82) is 0 Å². The molecule has 4 amide bonds. The van der Waals surface area contributed by atoms with Gasteiger partial charge in [-0.2, -0.15) is 0 Å². The Hall–Kier alpha value is -4.44. The minimum absolute atomic E-state index is 0.0634. The largest absolute Gasteiger partial charge is 0.507 e. The lowest BCUT2D eigenvalue weighted by Gasteiger charge is -2.14. The number of ether oxygens (including phenoxy) is 2. The number of esters is 2. The number of benzene rings is 2. The number of phenolic OH excluding ortho intramolecular Hbond substituents is 2. The van der Waals surface area contributed by atoms with Crippen LogP contribution in [0.4, 0.5) is 0 Å². The molecule has 0 saturated heterocycles. The Labute approximate surface area is 414 Å². The first-order chi connectivity index (χ1) is 32.9. The van der Waals surface area contributed by atoms with E-state index in [1.165, 1.54) is 74.2 Å². The maximum absolute atomic E-state index is 12.7. The van der Waals surface area contributed by atoms with Crippen LogP contribution in [0.1, 0.15) is 201 Å². The van der Waals surface area contributed by atoms with Gasteiger partial charge in [0.1, 0.15) is 11.5 Å². The van der Waals surface area contributed by atoms with Crippen molar-refractivity contribution in [2.45, 2.75) is 192 Å². The summed E-state index contributed by atoms with van der Waals surface area (Å²) in [6, 6.07) is 10.1. The Bertz CT molecular complexity index is 1670.